The van der Waals surface area contributed by atoms with Gasteiger partial charge in [-0.2, -0.15) is 5.26 Å². The Labute approximate surface area is 220 Å². The molecule has 192 valence electrons. The van der Waals surface area contributed by atoms with Gasteiger partial charge in [-0.25, -0.2) is 14.8 Å². The molecule has 0 amide bonds. The summed E-state index contributed by atoms with van der Waals surface area (Å²) in [5.74, 6) is 0.977. The number of hydrogen-bond acceptors (Lipinski definition) is 6. The van der Waals surface area contributed by atoms with Crippen LogP contribution >= 0.6 is 0 Å². The molecule has 0 radical (unpaired) electrons. The second-order valence-corrected chi connectivity index (χ2v) is 10.1. The zero-order chi connectivity index (χ0) is 26.4. The molecule has 1 aliphatic rings. The highest BCUT2D eigenvalue weighted by Gasteiger charge is 2.22. The third-order valence-corrected chi connectivity index (χ3v) is 7.55. The lowest BCUT2D eigenvalue weighted by Crippen LogP contribution is -2.34. The van der Waals surface area contributed by atoms with Gasteiger partial charge < -0.3 is 9.64 Å². The van der Waals surface area contributed by atoms with Crippen molar-refractivity contribution in [3.05, 3.63) is 71.0 Å². The van der Waals surface area contributed by atoms with Crippen molar-refractivity contribution in [3.8, 4) is 34.5 Å². The summed E-state index contributed by atoms with van der Waals surface area (Å²) >= 11 is 0. The molecular weight excluding hydrogens is 478 g/mol. The predicted molar refractivity (Wildman–Crippen MR) is 146 cm³/mol. The molecule has 1 aliphatic heterocycles. The minimum absolute atomic E-state index is 0.0764. The molecule has 9 heteroatoms. The number of benzene rings is 2. The number of ether oxygens (including phenoxy) is 1. The molecule has 3 aromatic heterocycles. The summed E-state index contributed by atoms with van der Waals surface area (Å²) in [7, 11) is 5.70. The number of nitrogens with zero attached hydrogens (tertiary/aromatic N) is 7. The SMILES string of the molecule is CN1CCC[C@@H](COc2nc(-c3ccc(C#N)cc3)c(-c3ccc4c(c3)n(C)c(=O)n4C)n3cncc23)C1. The number of imidazole rings is 2. The normalized spacial score (nSPS) is 16.2. The lowest BCUT2D eigenvalue weighted by Gasteiger charge is -2.29. The van der Waals surface area contributed by atoms with E-state index in [9.17, 15) is 10.1 Å². The fourth-order valence-electron chi connectivity index (χ4n) is 5.50. The predicted octanol–water partition coefficient (Wildman–Crippen LogP) is 3.85. The van der Waals surface area contributed by atoms with Crippen LogP contribution in [0, 0.1) is 17.2 Å². The second-order valence-electron chi connectivity index (χ2n) is 10.1. The number of nitriles is 1. The molecule has 2 aromatic carbocycles. The van der Waals surface area contributed by atoms with E-state index in [0.29, 0.717) is 24.0 Å². The van der Waals surface area contributed by atoms with Gasteiger partial charge in [0, 0.05) is 37.7 Å². The Balaban J connectivity index is 1.52. The number of rotatable bonds is 5. The van der Waals surface area contributed by atoms with Crippen LogP contribution in [0.4, 0.5) is 0 Å². The van der Waals surface area contributed by atoms with Crippen LogP contribution in [0.1, 0.15) is 18.4 Å². The van der Waals surface area contributed by atoms with E-state index in [4.69, 9.17) is 9.72 Å². The summed E-state index contributed by atoms with van der Waals surface area (Å²) in [6.07, 6.45) is 5.85. The topological polar surface area (TPSA) is 93.4 Å². The summed E-state index contributed by atoms with van der Waals surface area (Å²) in [6.45, 7) is 2.71. The molecule has 5 aromatic rings. The average Bonchev–Trinajstić information content (AvgIpc) is 3.51. The molecule has 9 nitrogen and oxygen atoms in total. The Kier molecular flexibility index (Phi) is 5.97. The molecule has 0 bridgehead atoms. The van der Waals surface area contributed by atoms with E-state index in [2.05, 4.69) is 23.0 Å². The van der Waals surface area contributed by atoms with Crippen molar-refractivity contribution in [1.29, 1.82) is 5.26 Å². The van der Waals surface area contributed by atoms with Gasteiger partial charge in [0.25, 0.3) is 0 Å². The molecule has 1 saturated heterocycles. The van der Waals surface area contributed by atoms with Crippen molar-refractivity contribution in [2.75, 3.05) is 26.7 Å². The molecule has 0 N–H and O–H groups in total. The van der Waals surface area contributed by atoms with Gasteiger partial charge in [0.1, 0.15) is 5.52 Å². The molecular formula is C29H29N7O2. The Bertz CT molecular complexity index is 1750. The van der Waals surface area contributed by atoms with Crippen molar-refractivity contribution >= 4 is 16.6 Å². The smallest absolute Gasteiger partial charge is 0.328 e. The third-order valence-electron chi connectivity index (χ3n) is 7.55. The van der Waals surface area contributed by atoms with E-state index in [1.54, 1.807) is 47.9 Å². The molecule has 1 fully saturated rings. The van der Waals surface area contributed by atoms with Crippen LogP contribution in [-0.4, -0.2) is 55.1 Å². The van der Waals surface area contributed by atoms with Gasteiger partial charge in [-0.05, 0) is 50.7 Å². The highest BCUT2D eigenvalue weighted by molar-refractivity contribution is 5.88. The van der Waals surface area contributed by atoms with Gasteiger partial charge >= 0.3 is 5.69 Å². The van der Waals surface area contributed by atoms with Crippen molar-refractivity contribution in [1.82, 2.24) is 28.4 Å². The lowest BCUT2D eigenvalue weighted by molar-refractivity contribution is 0.148. The van der Waals surface area contributed by atoms with Gasteiger partial charge in [-0.15, -0.1) is 0 Å². The number of piperidine rings is 1. The van der Waals surface area contributed by atoms with E-state index in [0.717, 1.165) is 58.6 Å². The number of aryl methyl sites for hydroxylation is 2. The van der Waals surface area contributed by atoms with E-state index < -0.39 is 0 Å². The molecule has 0 unspecified atom stereocenters. The van der Waals surface area contributed by atoms with Gasteiger partial charge in [-0.3, -0.25) is 13.5 Å². The number of likely N-dealkylation sites (tertiary alicyclic amines) is 1. The van der Waals surface area contributed by atoms with Gasteiger partial charge in [0.2, 0.25) is 5.88 Å². The first-order valence-electron chi connectivity index (χ1n) is 12.8. The van der Waals surface area contributed by atoms with Crippen molar-refractivity contribution in [2.45, 2.75) is 12.8 Å². The van der Waals surface area contributed by atoms with Gasteiger partial charge in [0.05, 0.1) is 53.2 Å². The van der Waals surface area contributed by atoms with Crippen molar-refractivity contribution in [2.24, 2.45) is 20.0 Å². The summed E-state index contributed by atoms with van der Waals surface area (Å²) in [4.78, 5) is 24.4. The molecule has 0 aliphatic carbocycles. The van der Waals surface area contributed by atoms with E-state index >= 15 is 0 Å². The Morgan fingerprint density at radius 3 is 2.55 bits per heavy atom. The third kappa shape index (κ3) is 4.03. The monoisotopic (exact) mass is 507 g/mol. The minimum atomic E-state index is -0.0764. The Morgan fingerprint density at radius 1 is 1.03 bits per heavy atom. The van der Waals surface area contributed by atoms with Crippen molar-refractivity contribution < 1.29 is 4.74 Å². The van der Waals surface area contributed by atoms with E-state index in [-0.39, 0.29) is 5.69 Å². The van der Waals surface area contributed by atoms with Crippen LogP contribution in [0.25, 0.3) is 39.1 Å². The lowest BCUT2D eigenvalue weighted by atomic mass is 10.00. The van der Waals surface area contributed by atoms with Crippen LogP contribution < -0.4 is 10.4 Å². The zero-order valence-corrected chi connectivity index (χ0v) is 21.8. The van der Waals surface area contributed by atoms with E-state index in [1.807, 2.05) is 34.7 Å². The van der Waals surface area contributed by atoms with Gasteiger partial charge in [-0.1, -0.05) is 18.2 Å². The highest BCUT2D eigenvalue weighted by atomic mass is 16.5. The molecule has 0 spiro atoms. The quantitative estimate of drug-likeness (QED) is 0.359. The fourth-order valence-corrected chi connectivity index (χ4v) is 5.50. The molecule has 6 rings (SSSR count). The average molecular weight is 508 g/mol. The molecule has 38 heavy (non-hydrogen) atoms. The summed E-state index contributed by atoms with van der Waals surface area (Å²) in [6, 6.07) is 15.6. The van der Waals surface area contributed by atoms with Crippen molar-refractivity contribution in [3.63, 3.8) is 0 Å². The van der Waals surface area contributed by atoms with E-state index in [1.165, 1.54) is 6.42 Å². The summed E-state index contributed by atoms with van der Waals surface area (Å²) in [5.41, 5.74) is 6.28. The maximum atomic E-state index is 12.6. The first-order valence-corrected chi connectivity index (χ1v) is 12.8. The largest absolute Gasteiger partial charge is 0.476 e. The zero-order valence-electron chi connectivity index (χ0n) is 21.8. The Hall–Kier alpha value is -4.42. The maximum absolute atomic E-state index is 12.6. The summed E-state index contributed by atoms with van der Waals surface area (Å²) in [5, 5.41) is 9.32. The standard InChI is InChI=1S/C29H29N7O2/c1-33-12-4-5-20(16-33)17-38-28-25-15-31-18-36(25)27(26(32-28)21-8-6-19(14-30)7-9-21)22-10-11-23-24(13-22)35(3)29(37)34(23)2/h6-11,13,15,18,20H,4-5,12,16-17H2,1-3H3/t20-/m1/s1. The van der Waals surface area contributed by atoms with Crippen LogP contribution in [0.15, 0.2) is 59.8 Å². The van der Waals surface area contributed by atoms with Gasteiger partial charge in [0.15, 0.2) is 0 Å². The highest BCUT2D eigenvalue weighted by Crippen LogP contribution is 2.36. The molecule has 4 heterocycles. The van der Waals surface area contributed by atoms with Crippen LogP contribution in [0.3, 0.4) is 0 Å². The minimum Gasteiger partial charge on any atom is -0.476 e. The van der Waals surface area contributed by atoms with Crippen LogP contribution in [0.2, 0.25) is 0 Å². The molecule has 1 atom stereocenters. The fraction of sp³-hybridized carbons (Fsp3) is 0.310. The summed E-state index contributed by atoms with van der Waals surface area (Å²) < 4.78 is 11.7. The second kappa shape index (κ2) is 9.47. The van der Waals surface area contributed by atoms with Crippen LogP contribution in [-0.2, 0) is 14.1 Å². The first kappa shape index (κ1) is 23.9. The van der Waals surface area contributed by atoms with Crippen LogP contribution in [0.5, 0.6) is 5.88 Å². The molecule has 0 saturated carbocycles. The number of hydrogen-bond donors (Lipinski definition) is 0. The number of aromatic nitrogens is 5. The number of fused-ring (bicyclic) bond motifs is 2. The maximum Gasteiger partial charge on any atom is 0.328 e. The Morgan fingerprint density at radius 2 is 1.79 bits per heavy atom. The first-order chi connectivity index (χ1) is 18.4.